The lowest BCUT2D eigenvalue weighted by Gasteiger charge is -2.21. The Hall–Kier alpha value is -3.88. The molecular weight excluding hydrogens is 868 g/mol. The molecule has 0 unspecified atom stereocenters. The van der Waals surface area contributed by atoms with Crippen molar-refractivity contribution in [2.75, 3.05) is 13.2 Å². The number of hydrogen-bond acceptors (Lipinski definition) is 7. The fraction of sp³-hybridized carbons (Fsp3) is 0.200. The minimum atomic E-state index is -4.69. The topological polar surface area (TPSA) is 114 Å². The number of halogens is 8. The first-order valence-corrected chi connectivity index (χ1v) is 15.5. The highest BCUT2D eigenvalue weighted by Crippen LogP contribution is 2.52. The van der Waals surface area contributed by atoms with E-state index in [4.69, 9.17) is 14.2 Å². The van der Waals surface area contributed by atoms with Crippen molar-refractivity contribution in [3.05, 3.63) is 99.2 Å². The Morgan fingerprint density at radius 3 is 1.28 bits per heavy atom. The van der Waals surface area contributed by atoms with Gasteiger partial charge in [0, 0.05) is 30.4 Å². The third-order valence-electron chi connectivity index (χ3n) is 6.52. The molecule has 0 aliphatic heterocycles. The standard InChI is InChI=1S/C30H20F6I2N2O7/c1-3-45-27-21(39(41)42)9-11-23(25(27)17-7-5-15(13-19(17)37)29(31,32)33)47-24-12-10-22(40(43)44)28(46-4-2)26(24)18-8-6-16(14-20(18)38)30(34,35)36/h5-14H,3-4H2,1-2H3. The summed E-state index contributed by atoms with van der Waals surface area (Å²) in [7, 11) is 0. The molecule has 9 nitrogen and oxygen atoms in total. The third kappa shape index (κ3) is 7.65. The first-order chi connectivity index (χ1) is 22.0. The van der Waals surface area contributed by atoms with Gasteiger partial charge in [-0.1, -0.05) is 12.1 Å². The fourth-order valence-electron chi connectivity index (χ4n) is 4.56. The average molecular weight is 888 g/mol. The fourth-order valence-corrected chi connectivity index (χ4v) is 6.13. The summed E-state index contributed by atoms with van der Waals surface area (Å²) in [5.74, 6) is -0.997. The van der Waals surface area contributed by atoms with Gasteiger partial charge in [0.15, 0.2) is 0 Å². The molecule has 0 saturated carbocycles. The molecule has 0 radical (unpaired) electrons. The van der Waals surface area contributed by atoms with Gasteiger partial charge >= 0.3 is 23.7 Å². The van der Waals surface area contributed by atoms with Crippen LogP contribution in [0.15, 0.2) is 60.7 Å². The lowest BCUT2D eigenvalue weighted by molar-refractivity contribution is -0.385. The van der Waals surface area contributed by atoms with Crippen molar-refractivity contribution in [3.8, 4) is 45.3 Å². The molecule has 0 bridgehead atoms. The van der Waals surface area contributed by atoms with Gasteiger partial charge in [-0.3, -0.25) is 20.2 Å². The smallest absolute Gasteiger partial charge is 0.416 e. The van der Waals surface area contributed by atoms with Crippen molar-refractivity contribution in [2.45, 2.75) is 26.2 Å². The number of ether oxygens (including phenoxy) is 3. The van der Waals surface area contributed by atoms with Crippen LogP contribution in [-0.2, 0) is 12.4 Å². The molecule has 4 aromatic rings. The van der Waals surface area contributed by atoms with Gasteiger partial charge in [-0.05, 0) is 95.4 Å². The van der Waals surface area contributed by atoms with E-state index in [1.807, 2.05) is 0 Å². The Morgan fingerprint density at radius 2 is 1.00 bits per heavy atom. The van der Waals surface area contributed by atoms with Crippen molar-refractivity contribution in [1.29, 1.82) is 0 Å². The maximum Gasteiger partial charge on any atom is 0.416 e. The Balaban J connectivity index is 2.06. The van der Waals surface area contributed by atoms with Crippen LogP contribution in [0.3, 0.4) is 0 Å². The molecule has 0 spiro atoms. The molecule has 0 amide bonds. The van der Waals surface area contributed by atoms with E-state index in [9.17, 15) is 46.6 Å². The lowest BCUT2D eigenvalue weighted by Crippen LogP contribution is -2.07. The Kier molecular flexibility index (Phi) is 10.8. The van der Waals surface area contributed by atoms with Crippen LogP contribution in [0.2, 0.25) is 0 Å². The Labute approximate surface area is 289 Å². The largest absolute Gasteiger partial charge is 0.487 e. The zero-order valence-corrected chi connectivity index (χ0v) is 28.3. The van der Waals surface area contributed by atoms with E-state index >= 15 is 0 Å². The van der Waals surface area contributed by atoms with E-state index in [1.165, 1.54) is 26.0 Å². The predicted molar refractivity (Wildman–Crippen MR) is 175 cm³/mol. The summed E-state index contributed by atoms with van der Waals surface area (Å²) in [6.07, 6.45) is -9.38. The number of hydrogen-bond donors (Lipinski definition) is 0. The van der Waals surface area contributed by atoms with Gasteiger partial charge in [0.1, 0.15) is 11.5 Å². The highest BCUT2D eigenvalue weighted by molar-refractivity contribution is 14.1. The molecule has 0 aliphatic rings. The van der Waals surface area contributed by atoms with Crippen LogP contribution >= 0.6 is 45.2 Å². The summed E-state index contributed by atoms with van der Waals surface area (Å²) >= 11 is 3.28. The molecule has 0 N–H and O–H groups in total. The number of rotatable bonds is 10. The van der Waals surface area contributed by atoms with Crippen molar-refractivity contribution in [2.24, 2.45) is 0 Å². The SMILES string of the molecule is CCOc1c([N+](=O)[O-])ccc(Oc2ccc([N+](=O)[O-])c(OCC)c2-c2ccc(C(F)(F)F)cc2I)c1-c1ccc(C(F)(F)F)cc1I. The van der Waals surface area contributed by atoms with E-state index in [0.29, 0.717) is 0 Å². The number of alkyl halides is 6. The van der Waals surface area contributed by atoms with Crippen LogP contribution in [0.1, 0.15) is 25.0 Å². The molecule has 0 fully saturated rings. The second kappa shape index (κ2) is 14.1. The zero-order valence-electron chi connectivity index (χ0n) is 24.0. The summed E-state index contributed by atoms with van der Waals surface area (Å²) in [4.78, 5) is 22.5. The van der Waals surface area contributed by atoms with Crippen molar-refractivity contribution >= 4 is 56.6 Å². The van der Waals surface area contributed by atoms with Gasteiger partial charge in [-0.2, -0.15) is 26.3 Å². The zero-order chi connectivity index (χ0) is 34.8. The van der Waals surface area contributed by atoms with Gasteiger partial charge in [0.25, 0.3) is 0 Å². The van der Waals surface area contributed by atoms with Crippen LogP contribution in [0.4, 0.5) is 37.7 Å². The second-order valence-electron chi connectivity index (χ2n) is 9.44. The van der Waals surface area contributed by atoms with Crippen LogP contribution in [0.25, 0.3) is 22.3 Å². The van der Waals surface area contributed by atoms with Gasteiger partial charge < -0.3 is 14.2 Å². The molecule has 47 heavy (non-hydrogen) atoms. The van der Waals surface area contributed by atoms with Gasteiger partial charge in [0.2, 0.25) is 11.5 Å². The van der Waals surface area contributed by atoms with Gasteiger partial charge in [0.05, 0.1) is 45.3 Å². The summed E-state index contributed by atoms with van der Waals surface area (Å²) < 4.78 is 98.5. The molecule has 248 valence electrons. The molecule has 0 aliphatic carbocycles. The Bertz CT molecular complexity index is 1730. The summed E-state index contributed by atoms with van der Waals surface area (Å²) in [5.41, 5.74) is -3.09. The summed E-state index contributed by atoms with van der Waals surface area (Å²) in [6, 6.07) is 9.89. The monoisotopic (exact) mass is 888 g/mol. The van der Waals surface area contributed by atoms with Crippen molar-refractivity contribution in [1.82, 2.24) is 0 Å². The summed E-state index contributed by atoms with van der Waals surface area (Å²) in [5, 5.41) is 24.0. The molecule has 0 saturated heterocycles. The highest BCUT2D eigenvalue weighted by Gasteiger charge is 2.35. The number of benzene rings is 4. The van der Waals surface area contributed by atoms with Crippen molar-refractivity contribution < 1.29 is 50.4 Å². The lowest BCUT2D eigenvalue weighted by atomic mass is 9.99. The predicted octanol–water partition coefficient (Wildman–Crippen LogP) is 10.7. The highest BCUT2D eigenvalue weighted by atomic mass is 127. The molecule has 0 atom stereocenters. The van der Waals surface area contributed by atoms with Crippen LogP contribution in [-0.4, -0.2) is 23.1 Å². The molecule has 0 aromatic heterocycles. The molecular formula is C30H20F6I2N2O7. The number of nitro groups is 2. The quantitative estimate of drug-likeness (QED) is 0.0674. The second-order valence-corrected chi connectivity index (χ2v) is 11.8. The molecule has 4 rings (SSSR count). The maximum absolute atomic E-state index is 13.5. The van der Waals surface area contributed by atoms with E-state index in [1.54, 1.807) is 45.2 Å². The molecule has 17 heteroatoms. The van der Waals surface area contributed by atoms with E-state index in [-0.39, 0.29) is 65.6 Å². The van der Waals surface area contributed by atoms with E-state index in [0.717, 1.165) is 48.5 Å². The normalized spacial score (nSPS) is 11.7. The minimum absolute atomic E-state index is 0.0277. The summed E-state index contributed by atoms with van der Waals surface area (Å²) in [6.45, 7) is 2.90. The van der Waals surface area contributed by atoms with Crippen LogP contribution in [0, 0.1) is 27.4 Å². The van der Waals surface area contributed by atoms with Gasteiger partial charge in [-0.15, -0.1) is 0 Å². The third-order valence-corrected chi connectivity index (χ3v) is 8.30. The van der Waals surface area contributed by atoms with Gasteiger partial charge in [-0.25, -0.2) is 0 Å². The average Bonchev–Trinajstić information content (AvgIpc) is 2.97. The van der Waals surface area contributed by atoms with E-state index in [2.05, 4.69) is 0 Å². The molecule has 4 aromatic carbocycles. The van der Waals surface area contributed by atoms with Crippen LogP contribution in [0.5, 0.6) is 23.0 Å². The maximum atomic E-state index is 13.5. The van der Waals surface area contributed by atoms with E-state index < -0.39 is 44.7 Å². The van der Waals surface area contributed by atoms with Crippen molar-refractivity contribution in [3.63, 3.8) is 0 Å². The number of nitrogens with zero attached hydrogens (tertiary/aromatic N) is 2. The minimum Gasteiger partial charge on any atom is -0.487 e. The first kappa shape index (κ1) is 36.0. The number of nitro benzene ring substituents is 2. The van der Waals surface area contributed by atoms with Crippen LogP contribution < -0.4 is 14.2 Å². The molecule has 0 heterocycles. The Morgan fingerprint density at radius 1 is 0.638 bits per heavy atom. The first-order valence-electron chi connectivity index (χ1n) is 13.3.